The summed E-state index contributed by atoms with van der Waals surface area (Å²) < 4.78 is 1.03. The Bertz CT molecular complexity index is 551. The number of rotatable bonds is 3. The van der Waals surface area contributed by atoms with Gasteiger partial charge < -0.3 is 5.73 Å². The lowest BCUT2D eigenvalue weighted by Crippen LogP contribution is -2.13. The number of amides is 1. The predicted octanol–water partition coefficient (Wildman–Crippen LogP) is 3.14. The molecule has 0 saturated heterocycles. The SMILES string of the molecule is NC(=O)c1ccccc1Cc1cccc(Br)c1. The Morgan fingerprint density at radius 3 is 2.59 bits per heavy atom. The van der Waals surface area contributed by atoms with Crippen molar-refractivity contribution in [2.75, 3.05) is 0 Å². The van der Waals surface area contributed by atoms with Gasteiger partial charge in [0.25, 0.3) is 0 Å². The second-order valence-corrected chi connectivity index (χ2v) is 4.74. The second kappa shape index (κ2) is 5.15. The van der Waals surface area contributed by atoms with Gasteiger partial charge in [0.15, 0.2) is 0 Å². The van der Waals surface area contributed by atoms with Crippen molar-refractivity contribution < 1.29 is 4.79 Å². The van der Waals surface area contributed by atoms with Gasteiger partial charge in [-0.25, -0.2) is 0 Å². The highest BCUT2D eigenvalue weighted by Gasteiger charge is 2.07. The van der Waals surface area contributed by atoms with Gasteiger partial charge in [-0.1, -0.05) is 46.3 Å². The highest BCUT2D eigenvalue weighted by Crippen LogP contribution is 2.17. The van der Waals surface area contributed by atoms with Gasteiger partial charge in [-0.15, -0.1) is 0 Å². The number of primary amides is 1. The van der Waals surface area contributed by atoms with Crippen LogP contribution in [-0.4, -0.2) is 5.91 Å². The predicted molar refractivity (Wildman–Crippen MR) is 71.9 cm³/mol. The molecule has 0 aliphatic carbocycles. The van der Waals surface area contributed by atoms with E-state index >= 15 is 0 Å². The average Bonchev–Trinajstić information content (AvgIpc) is 2.29. The molecule has 0 radical (unpaired) electrons. The van der Waals surface area contributed by atoms with E-state index in [1.165, 1.54) is 0 Å². The van der Waals surface area contributed by atoms with Gasteiger partial charge in [-0.05, 0) is 35.7 Å². The molecule has 1 amide bonds. The van der Waals surface area contributed by atoms with Crippen LogP contribution in [0.1, 0.15) is 21.5 Å². The van der Waals surface area contributed by atoms with Crippen LogP contribution in [0.25, 0.3) is 0 Å². The normalized spacial score (nSPS) is 10.2. The third kappa shape index (κ3) is 2.94. The Hall–Kier alpha value is -1.61. The van der Waals surface area contributed by atoms with Crippen LogP contribution in [-0.2, 0) is 6.42 Å². The van der Waals surface area contributed by atoms with Gasteiger partial charge in [0.2, 0.25) is 5.91 Å². The van der Waals surface area contributed by atoms with Crippen LogP contribution < -0.4 is 5.73 Å². The molecule has 0 saturated carbocycles. The molecule has 2 aromatic carbocycles. The zero-order chi connectivity index (χ0) is 12.3. The van der Waals surface area contributed by atoms with Crippen LogP contribution in [0.2, 0.25) is 0 Å². The summed E-state index contributed by atoms with van der Waals surface area (Å²) in [5, 5.41) is 0. The van der Waals surface area contributed by atoms with Crippen LogP contribution in [0.15, 0.2) is 53.0 Å². The van der Waals surface area contributed by atoms with Gasteiger partial charge >= 0.3 is 0 Å². The van der Waals surface area contributed by atoms with E-state index in [0.29, 0.717) is 12.0 Å². The molecule has 2 N–H and O–H groups in total. The van der Waals surface area contributed by atoms with Crippen LogP contribution in [0.5, 0.6) is 0 Å². The van der Waals surface area contributed by atoms with Crippen molar-refractivity contribution in [3.05, 3.63) is 69.7 Å². The maximum absolute atomic E-state index is 11.3. The van der Waals surface area contributed by atoms with Crippen molar-refractivity contribution in [3.8, 4) is 0 Å². The number of carbonyl (C=O) groups is 1. The highest BCUT2D eigenvalue weighted by atomic mass is 79.9. The van der Waals surface area contributed by atoms with Gasteiger partial charge in [0.05, 0.1) is 0 Å². The number of carbonyl (C=O) groups excluding carboxylic acids is 1. The third-order valence-electron chi connectivity index (χ3n) is 2.57. The van der Waals surface area contributed by atoms with Crippen LogP contribution >= 0.6 is 15.9 Å². The molecule has 0 aromatic heterocycles. The Morgan fingerprint density at radius 2 is 1.88 bits per heavy atom. The molecule has 0 aliphatic rings. The van der Waals surface area contributed by atoms with E-state index in [2.05, 4.69) is 15.9 Å². The van der Waals surface area contributed by atoms with Gasteiger partial charge in [-0.2, -0.15) is 0 Å². The zero-order valence-electron chi connectivity index (χ0n) is 9.19. The van der Waals surface area contributed by atoms with E-state index in [1.54, 1.807) is 6.07 Å². The average molecular weight is 290 g/mol. The van der Waals surface area contributed by atoms with Crippen molar-refractivity contribution in [1.82, 2.24) is 0 Å². The first-order valence-electron chi connectivity index (χ1n) is 5.29. The minimum Gasteiger partial charge on any atom is -0.366 e. The summed E-state index contributed by atoms with van der Waals surface area (Å²) in [6.45, 7) is 0. The molecule has 86 valence electrons. The molecule has 0 spiro atoms. The summed E-state index contributed by atoms with van der Waals surface area (Å²) in [4.78, 5) is 11.3. The molecular formula is C14H12BrNO. The number of benzene rings is 2. The topological polar surface area (TPSA) is 43.1 Å². The van der Waals surface area contributed by atoms with Crippen molar-refractivity contribution in [1.29, 1.82) is 0 Å². The Labute approximate surface area is 109 Å². The monoisotopic (exact) mass is 289 g/mol. The minimum atomic E-state index is -0.379. The van der Waals surface area contributed by atoms with E-state index < -0.39 is 0 Å². The van der Waals surface area contributed by atoms with E-state index in [4.69, 9.17) is 5.73 Å². The van der Waals surface area contributed by atoms with Crippen molar-refractivity contribution in [3.63, 3.8) is 0 Å². The maximum atomic E-state index is 11.3. The number of hydrogen-bond donors (Lipinski definition) is 1. The maximum Gasteiger partial charge on any atom is 0.248 e. The molecule has 0 atom stereocenters. The molecule has 2 aromatic rings. The molecule has 0 bridgehead atoms. The molecule has 0 unspecified atom stereocenters. The molecular weight excluding hydrogens is 278 g/mol. The molecule has 17 heavy (non-hydrogen) atoms. The Kier molecular flexibility index (Phi) is 3.59. The molecule has 2 nitrogen and oxygen atoms in total. The molecule has 0 aliphatic heterocycles. The lowest BCUT2D eigenvalue weighted by atomic mass is 9.99. The van der Waals surface area contributed by atoms with E-state index in [9.17, 15) is 4.79 Å². The summed E-state index contributed by atoms with van der Waals surface area (Å²) >= 11 is 3.43. The van der Waals surface area contributed by atoms with E-state index in [-0.39, 0.29) is 5.91 Å². The lowest BCUT2D eigenvalue weighted by Gasteiger charge is -2.06. The van der Waals surface area contributed by atoms with Crippen molar-refractivity contribution in [2.45, 2.75) is 6.42 Å². The highest BCUT2D eigenvalue weighted by molar-refractivity contribution is 9.10. The smallest absolute Gasteiger partial charge is 0.248 e. The van der Waals surface area contributed by atoms with E-state index in [0.717, 1.165) is 15.6 Å². The Morgan fingerprint density at radius 1 is 1.12 bits per heavy atom. The zero-order valence-corrected chi connectivity index (χ0v) is 10.8. The minimum absolute atomic E-state index is 0.379. The second-order valence-electron chi connectivity index (χ2n) is 3.83. The summed E-state index contributed by atoms with van der Waals surface area (Å²) in [5.74, 6) is -0.379. The summed E-state index contributed by atoms with van der Waals surface area (Å²) in [7, 11) is 0. The number of hydrogen-bond acceptors (Lipinski definition) is 1. The lowest BCUT2D eigenvalue weighted by molar-refractivity contribution is 0.0999. The number of nitrogens with two attached hydrogens (primary N) is 1. The standard InChI is InChI=1S/C14H12BrNO/c15-12-6-3-4-10(9-12)8-11-5-1-2-7-13(11)14(16)17/h1-7,9H,8H2,(H2,16,17). The largest absolute Gasteiger partial charge is 0.366 e. The molecule has 3 heteroatoms. The van der Waals surface area contributed by atoms with Gasteiger partial charge in [-0.3, -0.25) is 4.79 Å². The fourth-order valence-corrected chi connectivity index (χ4v) is 2.23. The van der Waals surface area contributed by atoms with E-state index in [1.807, 2.05) is 42.5 Å². The first-order chi connectivity index (χ1) is 8.16. The van der Waals surface area contributed by atoms with Gasteiger partial charge in [0.1, 0.15) is 0 Å². The fourth-order valence-electron chi connectivity index (χ4n) is 1.78. The Balaban J connectivity index is 2.33. The quantitative estimate of drug-likeness (QED) is 0.927. The molecule has 0 fully saturated rings. The van der Waals surface area contributed by atoms with Gasteiger partial charge in [0, 0.05) is 10.0 Å². The summed E-state index contributed by atoms with van der Waals surface area (Å²) in [5.41, 5.74) is 8.04. The van der Waals surface area contributed by atoms with Crippen molar-refractivity contribution in [2.24, 2.45) is 5.73 Å². The molecule has 2 rings (SSSR count). The number of halogens is 1. The summed E-state index contributed by atoms with van der Waals surface area (Å²) in [6.07, 6.45) is 0.707. The first-order valence-corrected chi connectivity index (χ1v) is 6.08. The fraction of sp³-hybridized carbons (Fsp3) is 0.0714. The van der Waals surface area contributed by atoms with Crippen molar-refractivity contribution >= 4 is 21.8 Å². The van der Waals surface area contributed by atoms with Crippen LogP contribution in [0.4, 0.5) is 0 Å². The third-order valence-corrected chi connectivity index (χ3v) is 3.06. The van der Waals surface area contributed by atoms with Crippen LogP contribution in [0, 0.1) is 0 Å². The van der Waals surface area contributed by atoms with Crippen LogP contribution in [0.3, 0.4) is 0 Å². The summed E-state index contributed by atoms with van der Waals surface area (Å²) in [6, 6.07) is 15.5. The molecule has 0 heterocycles. The first kappa shape index (κ1) is 11.9.